The zero-order chi connectivity index (χ0) is 17.1. The first-order chi connectivity index (χ1) is 11.7. The molecule has 0 radical (unpaired) electrons. The van der Waals surface area contributed by atoms with Gasteiger partial charge in [-0.15, -0.1) is 11.3 Å². The lowest BCUT2D eigenvalue weighted by Crippen LogP contribution is -2.63. The third-order valence-electron chi connectivity index (χ3n) is 4.52. The van der Waals surface area contributed by atoms with Crippen molar-refractivity contribution in [3.63, 3.8) is 0 Å². The predicted octanol–water partition coefficient (Wildman–Crippen LogP) is 3.60. The average Bonchev–Trinajstić information content (AvgIpc) is 3.05. The Bertz CT molecular complexity index is 760. The average molecular weight is 339 g/mol. The second-order valence-corrected chi connectivity index (χ2v) is 6.98. The molecule has 0 bridgehead atoms. The molecule has 5 heteroatoms. The molecule has 3 rings (SSSR count). The van der Waals surface area contributed by atoms with E-state index >= 15 is 0 Å². The van der Waals surface area contributed by atoms with Gasteiger partial charge in [0, 0.05) is 17.0 Å². The molecule has 0 spiro atoms. The predicted molar refractivity (Wildman–Crippen MR) is 98.1 cm³/mol. The molecule has 0 unspecified atom stereocenters. The van der Waals surface area contributed by atoms with Crippen LogP contribution in [-0.2, 0) is 6.42 Å². The van der Waals surface area contributed by atoms with Gasteiger partial charge in [-0.25, -0.2) is 4.98 Å². The van der Waals surface area contributed by atoms with Gasteiger partial charge in [0.25, 0.3) is 0 Å². The van der Waals surface area contributed by atoms with Gasteiger partial charge >= 0.3 is 0 Å². The van der Waals surface area contributed by atoms with E-state index in [4.69, 9.17) is 0 Å². The van der Waals surface area contributed by atoms with Gasteiger partial charge in [0.2, 0.25) is 0 Å². The van der Waals surface area contributed by atoms with Gasteiger partial charge in [-0.05, 0) is 24.5 Å². The molecular formula is C19H21N3OS. The topological polar surface area (TPSA) is 60.2 Å². The molecule has 1 fully saturated rings. The molecular weight excluding hydrogens is 318 g/mol. The van der Waals surface area contributed by atoms with E-state index in [1.807, 2.05) is 30.2 Å². The summed E-state index contributed by atoms with van der Waals surface area (Å²) in [5.41, 5.74) is 2.23. The number of aryl methyl sites for hydroxylation is 1. The molecule has 124 valence electrons. The summed E-state index contributed by atoms with van der Waals surface area (Å²) in [7, 11) is 0. The van der Waals surface area contributed by atoms with E-state index in [2.05, 4.69) is 42.2 Å². The van der Waals surface area contributed by atoms with Crippen molar-refractivity contribution in [2.45, 2.75) is 38.3 Å². The minimum Gasteiger partial charge on any atom is -0.394 e. The molecule has 3 atom stereocenters. The molecule has 1 N–H and O–H groups in total. The number of nitrogens with zero attached hydrogens (tertiary/aromatic N) is 3. The van der Waals surface area contributed by atoms with Gasteiger partial charge in [-0.2, -0.15) is 5.26 Å². The lowest BCUT2D eigenvalue weighted by Gasteiger charge is -2.51. The fourth-order valence-electron chi connectivity index (χ4n) is 3.27. The van der Waals surface area contributed by atoms with Crippen LogP contribution in [0.3, 0.4) is 0 Å². The quantitative estimate of drug-likeness (QED) is 0.904. The van der Waals surface area contributed by atoms with Crippen molar-refractivity contribution < 1.29 is 5.11 Å². The molecule has 2 heterocycles. The normalized spacial score (nSPS) is 23.2. The first-order valence-electron chi connectivity index (χ1n) is 8.19. The number of anilines is 1. The van der Waals surface area contributed by atoms with E-state index in [-0.39, 0.29) is 24.6 Å². The van der Waals surface area contributed by atoms with Crippen LogP contribution in [0.15, 0.2) is 36.5 Å². The van der Waals surface area contributed by atoms with E-state index in [0.717, 1.165) is 22.7 Å². The number of hydrogen-bond donors (Lipinski definition) is 1. The summed E-state index contributed by atoms with van der Waals surface area (Å²) in [5, 5.41) is 20.4. The molecule has 24 heavy (non-hydrogen) atoms. The fraction of sp³-hybridized carbons (Fsp3) is 0.368. The largest absolute Gasteiger partial charge is 0.394 e. The van der Waals surface area contributed by atoms with Crippen LogP contribution in [0, 0.1) is 11.3 Å². The highest BCUT2D eigenvalue weighted by Crippen LogP contribution is 2.44. The Kier molecular flexibility index (Phi) is 4.98. The van der Waals surface area contributed by atoms with Crippen molar-refractivity contribution in [1.29, 1.82) is 5.26 Å². The Balaban J connectivity index is 1.87. The zero-order valence-corrected chi connectivity index (χ0v) is 14.7. The minimum atomic E-state index is -0.287. The summed E-state index contributed by atoms with van der Waals surface area (Å²) in [6.45, 7) is 4.10. The second kappa shape index (κ2) is 7.16. The number of thiazole rings is 1. The maximum absolute atomic E-state index is 9.88. The van der Waals surface area contributed by atoms with Crippen LogP contribution in [0.2, 0.25) is 0 Å². The number of nitriles is 1. The van der Waals surface area contributed by atoms with Crippen molar-refractivity contribution in [2.24, 2.45) is 0 Å². The van der Waals surface area contributed by atoms with Crippen LogP contribution < -0.4 is 4.90 Å². The van der Waals surface area contributed by atoms with Gasteiger partial charge in [0.05, 0.1) is 18.7 Å². The number of rotatable bonds is 5. The monoisotopic (exact) mass is 339 g/mol. The highest BCUT2D eigenvalue weighted by atomic mass is 32.1. The molecule has 0 aliphatic carbocycles. The molecule has 1 aromatic heterocycles. The Morgan fingerprint density at radius 2 is 2.12 bits per heavy atom. The maximum atomic E-state index is 9.88. The van der Waals surface area contributed by atoms with Crippen molar-refractivity contribution in [3.8, 4) is 6.07 Å². The Morgan fingerprint density at radius 3 is 2.67 bits per heavy atom. The Labute approximate surface area is 146 Å². The molecule has 1 aliphatic heterocycles. The number of hydrogen-bond acceptors (Lipinski definition) is 5. The van der Waals surface area contributed by atoms with Gasteiger partial charge in [-0.3, -0.25) is 0 Å². The summed E-state index contributed by atoms with van der Waals surface area (Å²) in [6, 6.07) is 10.2. The minimum absolute atomic E-state index is 0.00799. The third-order valence-corrected chi connectivity index (χ3v) is 5.68. The van der Waals surface area contributed by atoms with E-state index in [1.165, 1.54) is 4.88 Å². The van der Waals surface area contributed by atoms with Crippen LogP contribution in [0.4, 0.5) is 5.13 Å². The van der Waals surface area contributed by atoms with Gasteiger partial charge in [-0.1, -0.05) is 43.3 Å². The van der Waals surface area contributed by atoms with Gasteiger partial charge in [0.1, 0.15) is 6.04 Å². The van der Waals surface area contributed by atoms with Gasteiger partial charge < -0.3 is 10.0 Å². The Morgan fingerprint density at radius 1 is 1.38 bits per heavy atom. The van der Waals surface area contributed by atoms with Crippen molar-refractivity contribution >= 4 is 22.5 Å². The van der Waals surface area contributed by atoms with Crippen molar-refractivity contribution in [2.75, 3.05) is 11.5 Å². The standard InChI is InChI=1S/C19H21N3OS/c1-3-5-13-6-8-14(9-7-13)18-16(10-20)22(17(18)12-23)19-21-11-15(4-2)24-19/h3,5-9,11,16-18,23H,4,12H2,1-2H3/b5-3+/t16-,17+,18+/m1/s1. The van der Waals surface area contributed by atoms with E-state index in [9.17, 15) is 10.4 Å². The van der Waals surface area contributed by atoms with Crippen LogP contribution >= 0.6 is 11.3 Å². The first kappa shape index (κ1) is 16.7. The number of aliphatic hydroxyl groups is 1. The van der Waals surface area contributed by atoms with Crippen LogP contribution in [-0.4, -0.2) is 28.8 Å². The highest BCUT2D eigenvalue weighted by Gasteiger charge is 2.50. The molecule has 2 aromatic rings. The first-order valence-corrected chi connectivity index (χ1v) is 9.01. The summed E-state index contributed by atoms with van der Waals surface area (Å²) >= 11 is 1.60. The summed E-state index contributed by atoms with van der Waals surface area (Å²) in [6.07, 6.45) is 6.84. The smallest absolute Gasteiger partial charge is 0.186 e. The van der Waals surface area contributed by atoms with Crippen molar-refractivity contribution in [3.05, 3.63) is 52.5 Å². The number of aliphatic hydroxyl groups excluding tert-OH is 1. The molecule has 1 aromatic carbocycles. The fourth-order valence-corrected chi connectivity index (χ4v) is 4.22. The van der Waals surface area contributed by atoms with E-state index in [0.29, 0.717) is 0 Å². The van der Waals surface area contributed by atoms with Gasteiger partial charge in [0.15, 0.2) is 5.13 Å². The molecule has 4 nitrogen and oxygen atoms in total. The Hall–Kier alpha value is -2.16. The van der Waals surface area contributed by atoms with Crippen LogP contribution in [0.1, 0.15) is 35.8 Å². The maximum Gasteiger partial charge on any atom is 0.186 e. The lowest BCUT2D eigenvalue weighted by atomic mass is 9.76. The number of aromatic nitrogens is 1. The molecule has 0 saturated carbocycles. The number of allylic oxidation sites excluding steroid dienone is 1. The SMILES string of the molecule is C/C=C/c1ccc([C@H]2[C@@H](C#N)N(c3ncc(CC)s3)[C@H]2CO)cc1. The van der Waals surface area contributed by atoms with Crippen LogP contribution in [0.5, 0.6) is 0 Å². The van der Waals surface area contributed by atoms with E-state index < -0.39 is 0 Å². The number of benzene rings is 1. The van der Waals surface area contributed by atoms with E-state index in [1.54, 1.807) is 11.3 Å². The second-order valence-electron chi connectivity index (χ2n) is 5.89. The van der Waals surface area contributed by atoms with Crippen LogP contribution in [0.25, 0.3) is 6.08 Å². The molecule has 0 amide bonds. The lowest BCUT2D eigenvalue weighted by molar-refractivity contribution is 0.187. The summed E-state index contributed by atoms with van der Waals surface area (Å²) < 4.78 is 0. The molecule has 1 aliphatic rings. The third kappa shape index (κ3) is 2.83. The summed E-state index contributed by atoms with van der Waals surface area (Å²) in [5.74, 6) is 0.00799. The highest BCUT2D eigenvalue weighted by molar-refractivity contribution is 7.15. The van der Waals surface area contributed by atoms with Crippen molar-refractivity contribution in [1.82, 2.24) is 4.98 Å². The molecule has 1 saturated heterocycles. The zero-order valence-electron chi connectivity index (χ0n) is 13.9. The summed E-state index contributed by atoms with van der Waals surface area (Å²) in [4.78, 5) is 7.60.